The van der Waals surface area contributed by atoms with Gasteiger partial charge in [-0.3, -0.25) is 19.8 Å². The number of amides is 2. The zero-order valence-corrected chi connectivity index (χ0v) is 19.1. The van der Waals surface area contributed by atoms with Gasteiger partial charge in [-0.05, 0) is 52.5 Å². The van der Waals surface area contributed by atoms with Gasteiger partial charge >= 0.3 is 5.97 Å². The predicted molar refractivity (Wildman–Crippen MR) is 122 cm³/mol. The number of esters is 1. The number of hydrogen-bond acceptors (Lipinski definition) is 5. The number of aromatic amines is 1. The molecule has 7 nitrogen and oxygen atoms in total. The Morgan fingerprint density at radius 3 is 2.69 bits per heavy atom. The number of nitrogens with zero attached hydrogens (tertiary/aromatic N) is 1. The van der Waals surface area contributed by atoms with E-state index in [1.165, 1.54) is 12.0 Å². The summed E-state index contributed by atoms with van der Waals surface area (Å²) in [6.07, 6.45) is 1.07. The van der Waals surface area contributed by atoms with Gasteiger partial charge in [-0.1, -0.05) is 30.3 Å². The Bertz CT molecular complexity index is 1250. The molecule has 0 aliphatic carbocycles. The molecule has 2 aromatic carbocycles. The van der Waals surface area contributed by atoms with Crippen LogP contribution in [0.4, 0.5) is 0 Å². The molecule has 3 aromatic rings. The number of carbonyl (C=O) groups excluding carboxylic acids is 3. The van der Waals surface area contributed by atoms with E-state index in [9.17, 15) is 14.4 Å². The fourth-order valence-corrected chi connectivity index (χ4v) is 5.56. The van der Waals surface area contributed by atoms with Gasteiger partial charge in [0.05, 0.1) is 24.3 Å². The summed E-state index contributed by atoms with van der Waals surface area (Å²) in [4.78, 5) is 44.7. The van der Waals surface area contributed by atoms with Crippen molar-refractivity contribution in [2.45, 2.75) is 18.4 Å². The highest BCUT2D eigenvalue weighted by Crippen LogP contribution is 2.43. The van der Waals surface area contributed by atoms with E-state index in [1.807, 2.05) is 30.3 Å². The van der Waals surface area contributed by atoms with Crippen molar-refractivity contribution in [2.24, 2.45) is 5.92 Å². The Labute approximate surface area is 193 Å². The molecule has 3 heterocycles. The molecular weight excluding hydrogens is 474 g/mol. The van der Waals surface area contributed by atoms with E-state index in [2.05, 4.69) is 26.2 Å². The number of aromatic nitrogens is 1. The van der Waals surface area contributed by atoms with Gasteiger partial charge in [0.25, 0.3) is 5.91 Å². The number of likely N-dealkylation sites (tertiary alicyclic amines) is 1. The number of H-pyrrole nitrogens is 1. The summed E-state index contributed by atoms with van der Waals surface area (Å²) in [5, 5.41) is 4.34. The summed E-state index contributed by atoms with van der Waals surface area (Å²) in [7, 11) is 1.33. The molecule has 1 saturated heterocycles. The molecule has 0 bridgehead atoms. The van der Waals surface area contributed by atoms with Gasteiger partial charge in [0, 0.05) is 28.5 Å². The molecule has 0 saturated carbocycles. The van der Waals surface area contributed by atoms with Crippen LogP contribution < -0.4 is 5.32 Å². The van der Waals surface area contributed by atoms with E-state index in [4.69, 9.17) is 4.74 Å². The molecule has 1 aromatic heterocycles. The van der Waals surface area contributed by atoms with Gasteiger partial charge in [-0.25, -0.2) is 4.79 Å². The summed E-state index contributed by atoms with van der Waals surface area (Å²) < 4.78 is 5.84. The molecule has 164 valence electrons. The summed E-state index contributed by atoms with van der Waals surface area (Å²) in [6.45, 7) is 0.756. The number of nitrogens with one attached hydrogen (secondary N) is 2. The summed E-state index contributed by atoms with van der Waals surface area (Å²) in [6, 6.07) is 14.9. The minimum absolute atomic E-state index is 0.236. The second-order valence-corrected chi connectivity index (χ2v) is 8.97. The van der Waals surface area contributed by atoms with Crippen LogP contribution in [0.15, 0.2) is 53.0 Å². The Hall–Kier alpha value is -2.97. The van der Waals surface area contributed by atoms with Crippen LogP contribution in [-0.4, -0.2) is 47.9 Å². The van der Waals surface area contributed by atoms with Crippen LogP contribution in [0.25, 0.3) is 10.9 Å². The Balaban J connectivity index is 1.59. The number of hydrogen-bond donors (Lipinski definition) is 2. The lowest BCUT2D eigenvalue weighted by atomic mass is 9.75. The molecule has 2 atom stereocenters. The molecule has 0 unspecified atom stereocenters. The number of ether oxygens (including phenoxy) is 1. The molecule has 2 amide bonds. The summed E-state index contributed by atoms with van der Waals surface area (Å²) in [5.41, 5.74) is 1.61. The molecule has 0 spiro atoms. The van der Waals surface area contributed by atoms with E-state index < -0.39 is 17.4 Å². The topological polar surface area (TPSA) is 91.5 Å². The highest BCUT2D eigenvalue weighted by Gasteiger charge is 2.58. The second-order valence-electron chi connectivity index (χ2n) is 8.12. The normalized spacial score (nSPS) is 22.8. The van der Waals surface area contributed by atoms with E-state index in [0.29, 0.717) is 28.7 Å². The highest BCUT2D eigenvalue weighted by molar-refractivity contribution is 9.10. The smallest absolute Gasteiger partial charge is 0.333 e. The molecule has 32 heavy (non-hydrogen) atoms. The molecule has 0 radical (unpaired) electrons. The first-order valence-corrected chi connectivity index (χ1v) is 11.3. The fourth-order valence-electron chi connectivity index (χ4n) is 5.11. The molecule has 1 fully saturated rings. The van der Waals surface area contributed by atoms with Gasteiger partial charge in [0.2, 0.25) is 5.91 Å². The van der Waals surface area contributed by atoms with Crippen LogP contribution in [0.2, 0.25) is 0 Å². The van der Waals surface area contributed by atoms with Crippen LogP contribution in [0, 0.1) is 5.92 Å². The van der Waals surface area contributed by atoms with Gasteiger partial charge in [0.1, 0.15) is 0 Å². The first kappa shape index (κ1) is 20.9. The van der Waals surface area contributed by atoms with E-state index >= 15 is 0 Å². The first-order chi connectivity index (χ1) is 15.5. The Morgan fingerprint density at radius 2 is 1.91 bits per heavy atom. The minimum atomic E-state index is -1.37. The zero-order chi connectivity index (χ0) is 22.5. The summed E-state index contributed by atoms with van der Waals surface area (Å²) in [5.74, 6) is -2.06. The zero-order valence-electron chi connectivity index (χ0n) is 17.5. The fraction of sp³-hybridized carbons (Fsp3) is 0.292. The highest BCUT2D eigenvalue weighted by atomic mass is 79.9. The van der Waals surface area contributed by atoms with Gasteiger partial charge in [-0.15, -0.1) is 0 Å². The van der Waals surface area contributed by atoms with Crippen molar-refractivity contribution in [3.63, 3.8) is 0 Å². The quantitative estimate of drug-likeness (QED) is 0.430. The Kier molecular flexibility index (Phi) is 5.14. The maximum absolute atomic E-state index is 13.6. The number of methoxy groups -OCH3 is 1. The predicted octanol–water partition coefficient (Wildman–Crippen LogP) is 3.13. The van der Waals surface area contributed by atoms with Crippen molar-refractivity contribution >= 4 is 44.6 Å². The van der Waals surface area contributed by atoms with Crippen LogP contribution in [0.3, 0.4) is 0 Å². The van der Waals surface area contributed by atoms with Crippen molar-refractivity contribution in [3.8, 4) is 0 Å². The average Bonchev–Trinajstić information content (AvgIpc) is 3.39. The van der Waals surface area contributed by atoms with Crippen molar-refractivity contribution < 1.29 is 19.1 Å². The van der Waals surface area contributed by atoms with E-state index in [-0.39, 0.29) is 18.4 Å². The second kappa shape index (κ2) is 7.86. The molecule has 8 heteroatoms. The largest absolute Gasteiger partial charge is 0.467 e. The lowest BCUT2D eigenvalue weighted by molar-refractivity contribution is -0.156. The number of carbonyl (C=O) groups is 3. The van der Waals surface area contributed by atoms with Crippen LogP contribution >= 0.6 is 15.9 Å². The molecule has 2 aliphatic heterocycles. The number of rotatable bonds is 3. The SMILES string of the molecule is COC(=O)[C@]1([C@H]2CCN(C(=O)c3ccccc3Br)C2=O)NCCc2c1[nH]c1ccccc21. The van der Waals surface area contributed by atoms with Gasteiger partial charge in [0.15, 0.2) is 5.54 Å². The number of fused-ring (bicyclic) bond motifs is 3. The third kappa shape index (κ3) is 2.93. The monoisotopic (exact) mass is 495 g/mol. The van der Waals surface area contributed by atoms with Crippen LogP contribution in [-0.2, 0) is 26.3 Å². The van der Waals surface area contributed by atoms with Gasteiger partial charge < -0.3 is 9.72 Å². The molecule has 2 N–H and O–H groups in total. The number of benzene rings is 2. The van der Waals surface area contributed by atoms with Crippen molar-refractivity contribution in [1.82, 2.24) is 15.2 Å². The number of halogens is 1. The molecular formula is C24H22BrN3O4. The maximum atomic E-state index is 13.6. The van der Waals surface area contributed by atoms with Crippen LogP contribution in [0.5, 0.6) is 0 Å². The lowest BCUT2D eigenvalue weighted by Crippen LogP contribution is -2.60. The lowest BCUT2D eigenvalue weighted by Gasteiger charge is -2.39. The summed E-state index contributed by atoms with van der Waals surface area (Å²) >= 11 is 3.39. The number of para-hydroxylation sites is 1. The minimum Gasteiger partial charge on any atom is -0.467 e. The van der Waals surface area contributed by atoms with Crippen molar-refractivity contribution in [2.75, 3.05) is 20.2 Å². The van der Waals surface area contributed by atoms with Crippen molar-refractivity contribution in [1.29, 1.82) is 0 Å². The van der Waals surface area contributed by atoms with Crippen LogP contribution in [0.1, 0.15) is 28.0 Å². The van der Waals surface area contributed by atoms with Gasteiger partial charge in [-0.2, -0.15) is 0 Å². The number of imide groups is 1. The van der Waals surface area contributed by atoms with E-state index in [1.54, 1.807) is 18.2 Å². The average molecular weight is 496 g/mol. The third-order valence-electron chi connectivity index (χ3n) is 6.57. The van der Waals surface area contributed by atoms with E-state index in [0.717, 1.165) is 22.9 Å². The standard InChI is InChI=1S/C24H22BrN3O4/c1-32-23(31)24(20-15(10-12-26-24)14-6-3-5-9-19(14)27-20)17-11-13-28(22(17)30)21(29)16-7-2-4-8-18(16)25/h2-9,17,26-27H,10-13H2,1H3/t17-,24+/m0/s1. The third-order valence-corrected chi connectivity index (χ3v) is 7.26. The molecule has 2 aliphatic rings. The van der Waals surface area contributed by atoms with Crippen molar-refractivity contribution in [3.05, 3.63) is 69.8 Å². The molecule has 5 rings (SSSR count). The Morgan fingerprint density at radius 1 is 1.16 bits per heavy atom. The maximum Gasteiger partial charge on any atom is 0.333 e. The first-order valence-electron chi connectivity index (χ1n) is 10.5.